The second-order valence-electron chi connectivity index (χ2n) is 7.24. The molecule has 1 amide bonds. The van der Waals surface area contributed by atoms with E-state index in [1.54, 1.807) is 34.7 Å². The number of benzene rings is 2. The number of carbonyl (C=O) groups is 1. The lowest BCUT2D eigenvalue weighted by Gasteiger charge is -2.27. The van der Waals surface area contributed by atoms with Gasteiger partial charge in [-0.1, -0.05) is 32.0 Å². The Kier molecular flexibility index (Phi) is 6.87. The molecule has 1 unspecified atom stereocenters. The van der Waals surface area contributed by atoms with Gasteiger partial charge in [-0.25, -0.2) is 0 Å². The van der Waals surface area contributed by atoms with Gasteiger partial charge in [-0.3, -0.25) is 4.79 Å². The highest BCUT2D eigenvalue weighted by atomic mass is 127. The zero-order valence-electron chi connectivity index (χ0n) is 17.5. The first kappa shape index (κ1) is 23.8. The minimum Gasteiger partial charge on any atom is -0.496 e. The first-order valence-corrected chi connectivity index (χ1v) is 11.0. The Morgan fingerprint density at radius 1 is 1.19 bits per heavy atom. The van der Waals surface area contributed by atoms with E-state index >= 15 is 0 Å². The molecule has 1 N–H and O–H groups in total. The molecule has 31 heavy (non-hydrogen) atoms. The van der Waals surface area contributed by atoms with Gasteiger partial charge in [0.2, 0.25) is 5.60 Å². The number of halogens is 4. The minimum atomic E-state index is -4.75. The van der Waals surface area contributed by atoms with E-state index in [0.717, 1.165) is 19.2 Å². The molecule has 3 rings (SSSR count). The van der Waals surface area contributed by atoms with Crippen LogP contribution in [0.3, 0.4) is 0 Å². The number of nitrogens with zero attached hydrogens (tertiary/aromatic N) is 2. The van der Waals surface area contributed by atoms with Gasteiger partial charge in [-0.15, -0.1) is 0 Å². The number of amides is 1. The van der Waals surface area contributed by atoms with Gasteiger partial charge in [-0.2, -0.15) is 13.2 Å². The summed E-state index contributed by atoms with van der Waals surface area (Å²) in [5.41, 5.74) is -3.93. The molecule has 2 aromatic rings. The molecule has 0 aliphatic carbocycles. The SMILES string of the molecule is CCN(CC)CCN1C(=O)C(O)(c2ccccc2OC)c2c1cc(I)cc2C(F)(F)F. The van der Waals surface area contributed by atoms with Crippen LogP contribution in [0, 0.1) is 3.57 Å². The predicted molar refractivity (Wildman–Crippen MR) is 120 cm³/mol. The number of methoxy groups -OCH3 is 1. The van der Waals surface area contributed by atoms with Crippen molar-refractivity contribution in [3.8, 4) is 5.75 Å². The van der Waals surface area contributed by atoms with Crippen molar-refractivity contribution in [3.63, 3.8) is 0 Å². The molecular weight excluding hydrogens is 524 g/mol. The number of carbonyl (C=O) groups excluding carboxylic acids is 1. The van der Waals surface area contributed by atoms with E-state index in [-0.39, 0.29) is 23.5 Å². The normalized spacial score (nSPS) is 18.6. The number of hydrogen-bond donors (Lipinski definition) is 1. The predicted octanol–water partition coefficient (Wildman–Crippen LogP) is 4.24. The molecule has 0 fully saturated rings. The Hall–Kier alpha value is -1.85. The van der Waals surface area contributed by atoms with Gasteiger partial charge in [0.15, 0.2) is 0 Å². The number of para-hydroxylation sites is 1. The van der Waals surface area contributed by atoms with Gasteiger partial charge in [0.05, 0.1) is 18.4 Å². The van der Waals surface area contributed by atoms with Crippen molar-refractivity contribution in [2.45, 2.75) is 25.6 Å². The van der Waals surface area contributed by atoms with E-state index in [0.29, 0.717) is 10.1 Å². The first-order valence-electron chi connectivity index (χ1n) is 9.90. The molecule has 0 bridgehead atoms. The molecule has 9 heteroatoms. The molecule has 2 aromatic carbocycles. The number of aliphatic hydroxyl groups is 1. The van der Waals surface area contributed by atoms with Crippen molar-refractivity contribution in [2.24, 2.45) is 0 Å². The van der Waals surface area contributed by atoms with Crippen LogP contribution < -0.4 is 9.64 Å². The van der Waals surface area contributed by atoms with Gasteiger partial charge in [0.1, 0.15) is 5.75 Å². The van der Waals surface area contributed by atoms with Crippen LogP contribution in [0.15, 0.2) is 36.4 Å². The summed E-state index contributed by atoms with van der Waals surface area (Å²) in [4.78, 5) is 16.9. The highest BCUT2D eigenvalue weighted by molar-refractivity contribution is 14.1. The van der Waals surface area contributed by atoms with Gasteiger partial charge in [0, 0.05) is 27.8 Å². The maximum Gasteiger partial charge on any atom is 0.416 e. The molecule has 1 aliphatic heterocycles. The van der Waals surface area contributed by atoms with Gasteiger partial charge >= 0.3 is 6.18 Å². The number of fused-ring (bicyclic) bond motifs is 1. The number of rotatable bonds is 7. The fraction of sp³-hybridized carbons (Fsp3) is 0.409. The van der Waals surface area contributed by atoms with Crippen molar-refractivity contribution in [1.29, 1.82) is 0 Å². The topological polar surface area (TPSA) is 53.0 Å². The van der Waals surface area contributed by atoms with Gasteiger partial charge < -0.3 is 19.6 Å². The van der Waals surface area contributed by atoms with Crippen LogP contribution in [0.25, 0.3) is 0 Å². The fourth-order valence-corrected chi connectivity index (χ4v) is 4.62. The number of anilines is 1. The van der Waals surface area contributed by atoms with Crippen molar-refractivity contribution >= 4 is 34.2 Å². The second kappa shape index (κ2) is 8.95. The van der Waals surface area contributed by atoms with Crippen molar-refractivity contribution in [3.05, 3.63) is 56.7 Å². The van der Waals surface area contributed by atoms with Gasteiger partial charge in [0.25, 0.3) is 5.91 Å². The van der Waals surface area contributed by atoms with E-state index in [2.05, 4.69) is 4.90 Å². The zero-order chi connectivity index (χ0) is 23.0. The molecule has 0 saturated heterocycles. The summed E-state index contributed by atoms with van der Waals surface area (Å²) in [5, 5.41) is 11.7. The standard InChI is InChI=1S/C22H24F3IN2O3/c1-4-27(5-2)10-11-28-17-13-14(26)12-16(22(23,24)25)19(17)21(30,20(28)29)15-8-6-7-9-18(15)31-3/h6-9,12-13,30H,4-5,10-11H2,1-3H3. The first-order chi connectivity index (χ1) is 14.6. The molecule has 5 nitrogen and oxygen atoms in total. The lowest BCUT2D eigenvalue weighted by Crippen LogP contribution is -2.44. The van der Waals surface area contributed by atoms with Crippen LogP contribution in [0.5, 0.6) is 5.75 Å². The van der Waals surface area contributed by atoms with Crippen LogP contribution in [0.4, 0.5) is 18.9 Å². The zero-order valence-corrected chi connectivity index (χ0v) is 19.6. The highest BCUT2D eigenvalue weighted by Crippen LogP contribution is 2.52. The van der Waals surface area contributed by atoms with Crippen molar-refractivity contribution in [2.75, 3.05) is 38.2 Å². The third kappa shape index (κ3) is 4.14. The van der Waals surface area contributed by atoms with E-state index in [4.69, 9.17) is 4.74 Å². The van der Waals surface area contributed by atoms with E-state index in [1.807, 2.05) is 13.8 Å². The maximum atomic E-state index is 14.1. The second-order valence-corrected chi connectivity index (χ2v) is 8.49. The molecule has 0 radical (unpaired) electrons. The maximum absolute atomic E-state index is 14.1. The smallest absolute Gasteiger partial charge is 0.416 e. The van der Waals surface area contributed by atoms with Crippen LogP contribution in [-0.2, 0) is 16.6 Å². The molecule has 0 saturated carbocycles. The molecule has 1 aliphatic rings. The van der Waals surface area contributed by atoms with Crippen LogP contribution >= 0.6 is 22.6 Å². The number of likely N-dealkylation sites (N-methyl/N-ethyl adjacent to an activating group) is 1. The average molecular weight is 548 g/mol. The average Bonchev–Trinajstić information content (AvgIpc) is 2.95. The van der Waals surface area contributed by atoms with Crippen LogP contribution in [0.2, 0.25) is 0 Å². The Bertz CT molecular complexity index is 979. The third-order valence-corrected chi connectivity index (χ3v) is 6.25. The Morgan fingerprint density at radius 2 is 1.84 bits per heavy atom. The highest BCUT2D eigenvalue weighted by Gasteiger charge is 2.56. The summed E-state index contributed by atoms with van der Waals surface area (Å²) in [6.07, 6.45) is -4.75. The Labute approximate surface area is 192 Å². The molecule has 168 valence electrons. The monoisotopic (exact) mass is 548 g/mol. The quantitative estimate of drug-likeness (QED) is 0.527. The van der Waals surface area contributed by atoms with E-state index in [9.17, 15) is 23.1 Å². The lowest BCUT2D eigenvalue weighted by molar-refractivity contribution is -0.142. The summed E-state index contributed by atoms with van der Waals surface area (Å²) in [6, 6.07) is 8.59. The minimum absolute atomic E-state index is 0.0132. The summed E-state index contributed by atoms with van der Waals surface area (Å²) >= 11 is 1.80. The molecule has 1 atom stereocenters. The van der Waals surface area contributed by atoms with Crippen molar-refractivity contribution in [1.82, 2.24) is 4.90 Å². The molecular formula is C22H24F3IN2O3. The molecule has 0 aromatic heterocycles. The van der Waals surface area contributed by atoms with Gasteiger partial charge in [-0.05, 0) is 53.9 Å². The van der Waals surface area contributed by atoms with E-state index in [1.165, 1.54) is 30.2 Å². The summed E-state index contributed by atoms with van der Waals surface area (Å²) in [5.74, 6) is -0.673. The van der Waals surface area contributed by atoms with Crippen LogP contribution in [0.1, 0.15) is 30.5 Å². The summed E-state index contributed by atoms with van der Waals surface area (Å²) < 4.78 is 47.8. The third-order valence-electron chi connectivity index (χ3n) is 5.63. The lowest BCUT2D eigenvalue weighted by atomic mass is 9.84. The van der Waals surface area contributed by atoms with Crippen LogP contribution in [-0.4, -0.2) is 49.2 Å². The molecule has 1 heterocycles. The molecule has 0 spiro atoms. The largest absolute Gasteiger partial charge is 0.496 e. The fourth-order valence-electron chi connectivity index (χ4n) is 4.02. The summed E-state index contributed by atoms with van der Waals surface area (Å²) in [6.45, 7) is 6.04. The van der Waals surface area contributed by atoms with E-state index < -0.39 is 28.8 Å². The number of alkyl halides is 3. The summed E-state index contributed by atoms with van der Waals surface area (Å²) in [7, 11) is 1.35. The number of ether oxygens (including phenoxy) is 1. The number of hydrogen-bond acceptors (Lipinski definition) is 4. The Balaban J connectivity index is 2.27. The Morgan fingerprint density at radius 3 is 2.42 bits per heavy atom. The van der Waals surface area contributed by atoms with Crippen molar-refractivity contribution < 1.29 is 27.8 Å².